The number of likely N-dealkylation sites (N-methyl/N-ethyl adjacent to an activating group) is 1. The number of benzene rings is 1. The second kappa shape index (κ2) is 4.09. The number of nitrogens with one attached hydrogen (secondary N) is 1. The predicted octanol–water partition coefficient (Wildman–Crippen LogP) is 0.645. The minimum atomic E-state index is -0.504. The van der Waals surface area contributed by atoms with Gasteiger partial charge in [-0.25, -0.2) is 0 Å². The van der Waals surface area contributed by atoms with Crippen LogP contribution in [-0.2, 0) is 0 Å². The molecule has 12 heavy (non-hydrogen) atoms. The van der Waals surface area contributed by atoms with Crippen molar-refractivity contribution in [1.82, 2.24) is 5.32 Å². The summed E-state index contributed by atoms with van der Waals surface area (Å²) in [6, 6.07) is 6.54. The van der Waals surface area contributed by atoms with Gasteiger partial charge in [-0.2, -0.15) is 0 Å². The first-order valence-corrected chi connectivity index (χ1v) is 3.85. The summed E-state index contributed by atoms with van der Waals surface area (Å²) in [6.07, 6.45) is -0.504. The lowest BCUT2D eigenvalue weighted by atomic mass is 10.1. The average Bonchev–Trinajstić information content (AvgIpc) is 2.06. The van der Waals surface area contributed by atoms with Crippen LogP contribution >= 0.6 is 0 Å². The molecule has 0 aliphatic heterocycles. The smallest absolute Gasteiger partial charge is 0.115 e. The number of rotatable bonds is 3. The van der Waals surface area contributed by atoms with Gasteiger partial charge in [0.2, 0.25) is 0 Å². The van der Waals surface area contributed by atoms with Gasteiger partial charge in [-0.05, 0) is 24.7 Å². The second-order valence-corrected chi connectivity index (χ2v) is 2.67. The summed E-state index contributed by atoms with van der Waals surface area (Å²) < 4.78 is 0. The highest BCUT2D eigenvalue weighted by Crippen LogP contribution is 2.15. The van der Waals surface area contributed by atoms with Crippen molar-refractivity contribution in [1.29, 1.82) is 0 Å². The van der Waals surface area contributed by atoms with E-state index in [0.29, 0.717) is 6.54 Å². The highest BCUT2D eigenvalue weighted by molar-refractivity contribution is 5.27. The van der Waals surface area contributed by atoms with Crippen molar-refractivity contribution in [2.45, 2.75) is 6.10 Å². The van der Waals surface area contributed by atoms with Gasteiger partial charge in [-0.3, -0.25) is 0 Å². The van der Waals surface area contributed by atoms with E-state index in [-0.39, 0.29) is 5.75 Å². The molecule has 0 heterocycles. The first kappa shape index (κ1) is 9.03. The quantitative estimate of drug-likeness (QED) is 0.619. The Balaban J connectivity index is 2.68. The topological polar surface area (TPSA) is 52.5 Å². The molecule has 3 N–H and O–H groups in total. The molecule has 0 bridgehead atoms. The molecular weight excluding hydrogens is 154 g/mol. The molecule has 0 aromatic heterocycles. The van der Waals surface area contributed by atoms with E-state index in [1.165, 1.54) is 0 Å². The fourth-order valence-corrected chi connectivity index (χ4v) is 1.01. The molecule has 0 aliphatic carbocycles. The van der Waals surface area contributed by atoms with Crippen molar-refractivity contribution in [2.24, 2.45) is 0 Å². The molecule has 0 unspecified atom stereocenters. The molecule has 1 aromatic carbocycles. The number of phenolic OH excluding ortho intramolecular Hbond substituents is 1. The van der Waals surface area contributed by atoms with Gasteiger partial charge in [0, 0.05) is 6.54 Å². The van der Waals surface area contributed by atoms with Gasteiger partial charge in [0.25, 0.3) is 0 Å². The Morgan fingerprint density at radius 1 is 1.33 bits per heavy atom. The molecule has 66 valence electrons. The van der Waals surface area contributed by atoms with E-state index < -0.39 is 6.10 Å². The van der Waals surface area contributed by atoms with E-state index in [4.69, 9.17) is 5.11 Å². The third-order valence-corrected chi connectivity index (χ3v) is 1.68. The Bertz CT molecular complexity index is 233. The SMILES string of the molecule is CNC[C@@H](O)c1ccc(O)cc1. The average molecular weight is 167 g/mol. The Morgan fingerprint density at radius 3 is 2.42 bits per heavy atom. The van der Waals surface area contributed by atoms with Crippen LogP contribution in [0.15, 0.2) is 24.3 Å². The van der Waals surface area contributed by atoms with E-state index in [9.17, 15) is 5.11 Å². The molecule has 0 spiro atoms. The number of phenols is 1. The van der Waals surface area contributed by atoms with Crippen LogP contribution in [-0.4, -0.2) is 23.8 Å². The summed E-state index contributed by atoms with van der Waals surface area (Å²) in [5, 5.41) is 21.3. The minimum Gasteiger partial charge on any atom is -0.508 e. The van der Waals surface area contributed by atoms with Crippen LogP contribution in [0.1, 0.15) is 11.7 Å². The highest BCUT2D eigenvalue weighted by Gasteiger charge is 2.04. The maximum Gasteiger partial charge on any atom is 0.115 e. The van der Waals surface area contributed by atoms with Crippen LogP contribution in [0.5, 0.6) is 5.75 Å². The van der Waals surface area contributed by atoms with Crippen LogP contribution in [0.4, 0.5) is 0 Å². The van der Waals surface area contributed by atoms with E-state index >= 15 is 0 Å². The van der Waals surface area contributed by atoms with E-state index in [1.54, 1.807) is 31.3 Å². The second-order valence-electron chi connectivity index (χ2n) is 2.67. The lowest BCUT2D eigenvalue weighted by Crippen LogP contribution is -2.16. The first-order valence-electron chi connectivity index (χ1n) is 3.85. The highest BCUT2D eigenvalue weighted by atomic mass is 16.3. The molecule has 0 fully saturated rings. The zero-order valence-corrected chi connectivity index (χ0v) is 6.99. The lowest BCUT2D eigenvalue weighted by molar-refractivity contribution is 0.177. The predicted molar refractivity (Wildman–Crippen MR) is 47.0 cm³/mol. The van der Waals surface area contributed by atoms with Crippen molar-refractivity contribution in [3.63, 3.8) is 0 Å². The monoisotopic (exact) mass is 167 g/mol. The van der Waals surface area contributed by atoms with Crippen molar-refractivity contribution >= 4 is 0 Å². The fourth-order valence-electron chi connectivity index (χ4n) is 1.01. The number of hydrogen-bond donors (Lipinski definition) is 3. The molecular formula is C9H13NO2. The number of hydrogen-bond acceptors (Lipinski definition) is 3. The van der Waals surface area contributed by atoms with Gasteiger partial charge >= 0.3 is 0 Å². The molecule has 1 aromatic rings. The Kier molecular flexibility index (Phi) is 3.08. The minimum absolute atomic E-state index is 0.218. The maximum absolute atomic E-state index is 9.47. The van der Waals surface area contributed by atoms with Crippen molar-refractivity contribution in [3.8, 4) is 5.75 Å². The molecule has 0 aliphatic rings. The third kappa shape index (κ3) is 2.22. The number of aliphatic hydroxyl groups excluding tert-OH is 1. The zero-order valence-electron chi connectivity index (χ0n) is 6.99. The number of aliphatic hydroxyl groups is 1. The largest absolute Gasteiger partial charge is 0.508 e. The Morgan fingerprint density at radius 2 is 1.92 bits per heavy atom. The molecule has 3 heteroatoms. The number of aromatic hydroxyl groups is 1. The molecule has 0 saturated heterocycles. The van der Waals surface area contributed by atoms with Crippen LogP contribution in [0.25, 0.3) is 0 Å². The van der Waals surface area contributed by atoms with Gasteiger partial charge in [0.05, 0.1) is 6.10 Å². The van der Waals surface area contributed by atoms with Crippen LogP contribution in [0.2, 0.25) is 0 Å². The Labute approximate surface area is 71.7 Å². The van der Waals surface area contributed by atoms with E-state index in [0.717, 1.165) is 5.56 Å². The maximum atomic E-state index is 9.47. The first-order chi connectivity index (χ1) is 5.74. The molecule has 1 atom stereocenters. The summed E-state index contributed by atoms with van der Waals surface area (Å²) in [4.78, 5) is 0. The van der Waals surface area contributed by atoms with Crippen LogP contribution in [0.3, 0.4) is 0 Å². The van der Waals surface area contributed by atoms with Gasteiger partial charge in [-0.15, -0.1) is 0 Å². The summed E-state index contributed by atoms with van der Waals surface area (Å²) in [6.45, 7) is 0.519. The van der Waals surface area contributed by atoms with Gasteiger partial charge in [-0.1, -0.05) is 12.1 Å². The molecule has 0 amide bonds. The molecule has 3 nitrogen and oxygen atoms in total. The summed E-state index contributed by atoms with van der Waals surface area (Å²) in [5.74, 6) is 0.218. The molecule has 1 rings (SSSR count). The van der Waals surface area contributed by atoms with Gasteiger partial charge < -0.3 is 15.5 Å². The normalized spacial score (nSPS) is 12.8. The van der Waals surface area contributed by atoms with Crippen molar-refractivity contribution in [2.75, 3.05) is 13.6 Å². The standard InChI is InChI=1S/C9H13NO2/c1-10-6-9(12)7-2-4-8(11)5-3-7/h2-5,9-12H,6H2,1H3/t9-/m1/s1. The molecule has 0 radical (unpaired) electrons. The lowest BCUT2D eigenvalue weighted by Gasteiger charge is -2.09. The zero-order chi connectivity index (χ0) is 8.97. The van der Waals surface area contributed by atoms with Crippen LogP contribution < -0.4 is 5.32 Å². The van der Waals surface area contributed by atoms with E-state index in [1.807, 2.05) is 0 Å². The van der Waals surface area contributed by atoms with E-state index in [2.05, 4.69) is 5.32 Å². The third-order valence-electron chi connectivity index (χ3n) is 1.68. The van der Waals surface area contributed by atoms with Gasteiger partial charge in [0.1, 0.15) is 5.75 Å². The van der Waals surface area contributed by atoms with Crippen LogP contribution in [0, 0.1) is 0 Å². The summed E-state index contributed by atoms with van der Waals surface area (Å²) in [7, 11) is 1.78. The fraction of sp³-hybridized carbons (Fsp3) is 0.333. The molecule has 0 saturated carbocycles. The summed E-state index contributed by atoms with van der Waals surface area (Å²) >= 11 is 0. The van der Waals surface area contributed by atoms with Crippen molar-refractivity contribution < 1.29 is 10.2 Å². The summed E-state index contributed by atoms with van der Waals surface area (Å²) in [5.41, 5.74) is 0.808. The van der Waals surface area contributed by atoms with Gasteiger partial charge in [0.15, 0.2) is 0 Å². The Hall–Kier alpha value is -1.06. The van der Waals surface area contributed by atoms with Crippen molar-refractivity contribution in [3.05, 3.63) is 29.8 Å².